The van der Waals surface area contributed by atoms with E-state index in [-0.39, 0.29) is 35.2 Å². The zero-order valence-corrected chi connectivity index (χ0v) is 25.7. The summed E-state index contributed by atoms with van der Waals surface area (Å²) in [7, 11) is 0. The fourth-order valence-electron chi connectivity index (χ4n) is 7.46. The van der Waals surface area contributed by atoms with E-state index in [1.807, 2.05) is 0 Å². The number of carbonyl (C=O) groups is 2. The average Bonchev–Trinajstić information content (AvgIpc) is 3.38. The summed E-state index contributed by atoms with van der Waals surface area (Å²) in [6.07, 6.45) is 5.34. The van der Waals surface area contributed by atoms with Crippen molar-refractivity contribution in [2.45, 2.75) is 94.5 Å². The van der Waals surface area contributed by atoms with E-state index in [1.165, 1.54) is 6.21 Å². The third-order valence-corrected chi connectivity index (χ3v) is 10.0. The Morgan fingerprint density at radius 1 is 1.29 bits per heavy atom. The van der Waals surface area contributed by atoms with Crippen molar-refractivity contribution in [3.8, 4) is 0 Å². The van der Waals surface area contributed by atoms with Gasteiger partial charge in [-0.3, -0.25) is 14.9 Å². The minimum Gasteiger partial charge on any atom is -0.391 e. The van der Waals surface area contributed by atoms with Gasteiger partial charge in [-0.1, -0.05) is 49.7 Å². The molecule has 3 fully saturated rings. The monoisotopic (exact) mass is 620 g/mol. The number of anilines is 1. The lowest BCUT2D eigenvalue weighted by Crippen LogP contribution is -2.62. The van der Waals surface area contributed by atoms with E-state index in [9.17, 15) is 14.7 Å². The Morgan fingerprint density at radius 2 is 2.00 bits per heavy atom. The molecule has 4 aliphatic rings. The Kier molecular flexibility index (Phi) is 8.64. The zero-order valence-electron chi connectivity index (χ0n) is 24.2. The number of aliphatic hydroxyl groups excluding tert-OH is 1. The van der Waals surface area contributed by atoms with Crippen LogP contribution in [-0.4, -0.2) is 59.6 Å². The topological polar surface area (TPSA) is 112 Å². The minimum absolute atomic E-state index is 0.0232. The molecule has 11 heteroatoms. The fraction of sp³-hybridized carbons (Fsp3) is 0.581. The smallest absolute Gasteiger partial charge is 0.238 e. The van der Waals surface area contributed by atoms with Crippen LogP contribution < -0.4 is 16.0 Å². The summed E-state index contributed by atoms with van der Waals surface area (Å²) < 4.78 is 22.4. The Labute approximate surface area is 256 Å². The van der Waals surface area contributed by atoms with Crippen molar-refractivity contribution in [2.24, 2.45) is 16.3 Å². The van der Waals surface area contributed by atoms with Crippen molar-refractivity contribution in [2.75, 3.05) is 11.9 Å². The van der Waals surface area contributed by atoms with Crippen LogP contribution in [0.15, 0.2) is 46.8 Å². The fourth-order valence-corrected chi connectivity index (χ4v) is 7.69. The second-order valence-electron chi connectivity index (χ2n) is 12.9. The van der Waals surface area contributed by atoms with Crippen molar-refractivity contribution in [1.82, 2.24) is 10.6 Å². The number of benzene rings is 1. The highest BCUT2D eigenvalue weighted by molar-refractivity contribution is 6.31. The molecule has 4 N–H and O–H groups in total. The van der Waals surface area contributed by atoms with Crippen LogP contribution in [0.25, 0.3) is 0 Å². The van der Waals surface area contributed by atoms with Crippen LogP contribution in [0.3, 0.4) is 0 Å². The highest BCUT2D eigenvalue weighted by Gasteiger charge is 2.73. The van der Waals surface area contributed by atoms with Gasteiger partial charge in [0.1, 0.15) is 16.4 Å². The van der Waals surface area contributed by atoms with E-state index < -0.39 is 40.8 Å². The molecule has 1 unspecified atom stereocenters. The minimum atomic E-state index is -1.43. The third-order valence-electron chi connectivity index (χ3n) is 9.68. The summed E-state index contributed by atoms with van der Waals surface area (Å²) in [5, 5.41) is 19.9. The molecule has 1 aromatic rings. The van der Waals surface area contributed by atoms with Gasteiger partial charge in [-0.25, -0.2) is 9.38 Å². The highest BCUT2D eigenvalue weighted by Crippen LogP contribution is 2.62. The predicted octanol–water partition coefficient (Wildman–Crippen LogP) is 5.14. The van der Waals surface area contributed by atoms with Gasteiger partial charge in [-0.15, -0.1) is 0 Å². The normalized spacial score (nSPS) is 32.6. The first-order valence-electron chi connectivity index (χ1n) is 14.5. The maximum absolute atomic E-state index is 16.6. The van der Waals surface area contributed by atoms with E-state index in [4.69, 9.17) is 27.9 Å². The summed E-state index contributed by atoms with van der Waals surface area (Å²) in [5.74, 6) is -2.64. The molecule has 3 aliphatic heterocycles. The number of aliphatic imine (C=N–C) groups is 1. The zero-order chi connectivity index (χ0) is 30.4. The van der Waals surface area contributed by atoms with Crippen molar-refractivity contribution < 1.29 is 23.8 Å². The number of hydrogen-bond donors (Lipinski definition) is 4. The van der Waals surface area contributed by atoms with E-state index >= 15 is 4.39 Å². The molecule has 2 amide bonds. The number of aliphatic hydroxyl groups is 1. The molecule has 1 aromatic carbocycles. The Balaban J connectivity index is 1.60. The Bertz CT molecular complexity index is 1310. The Hall–Kier alpha value is -2.30. The standard InChI is InChI=1S/C31H39Cl2FN4O4/c1-17(39)24-8-6-20(16-42-24)36-27(40)26-25(22(34)9-14-35-18(2)32)31(30(38-26)12-10-29(3,4)11-13-30)21-7-5-19(33)15-23(21)37-28(31)41/h5,7,9,14-15,17,20,24-26,38-39H,2,6,8,10-13,16H2,1,3-4H3,(H,36,40)(H,37,41)/b22-9-,35-14?/t17?,20-,24+,25+,26-,31-/m1/s1. The summed E-state index contributed by atoms with van der Waals surface area (Å²) in [6, 6.07) is 3.76. The number of nitrogens with one attached hydrogen (secondary N) is 3. The highest BCUT2D eigenvalue weighted by atomic mass is 35.5. The summed E-state index contributed by atoms with van der Waals surface area (Å²) >= 11 is 12.1. The molecule has 42 heavy (non-hydrogen) atoms. The van der Waals surface area contributed by atoms with Crippen LogP contribution in [0.5, 0.6) is 0 Å². The molecule has 1 saturated carbocycles. The predicted molar refractivity (Wildman–Crippen MR) is 162 cm³/mol. The number of carbonyl (C=O) groups excluding carboxylic acids is 2. The van der Waals surface area contributed by atoms with Crippen LogP contribution in [0.4, 0.5) is 10.1 Å². The van der Waals surface area contributed by atoms with Crippen LogP contribution in [0.2, 0.25) is 5.02 Å². The second-order valence-corrected chi connectivity index (χ2v) is 13.8. The van der Waals surface area contributed by atoms with Crippen LogP contribution in [-0.2, 0) is 19.7 Å². The number of rotatable bonds is 6. The van der Waals surface area contributed by atoms with Crippen LogP contribution in [0.1, 0.15) is 64.9 Å². The molecule has 2 saturated heterocycles. The van der Waals surface area contributed by atoms with E-state index in [2.05, 4.69) is 41.4 Å². The molecule has 8 nitrogen and oxygen atoms in total. The number of hydrogen-bond acceptors (Lipinski definition) is 6. The molecule has 0 bridgehead atoms. The summed E-state index contributed by atoms with van der Waals surface area (Å²) in [4.78, 5) is 32.3. The average molecular weight is 622 g/mol. The Morgan fingerprint density at radius 3 is 2.62 bits per heavy atom. The lowest BCUT2D eigenvalue weighted by atomic mass is 9.54. The van der Waals surface area contributed by atoms with Crippen molar-refractivity contribution >= 4 is 46.9 Å². The number of allylic oxidation sites excluding steroid dienone is 1. The van der Waals surface area contributed by atoms with Crippen molar-refractivity contribution in [3.05, 3.63) is 52.4 Å². The van der Waals surface area contributed by atoms with Crippen LogP contribution >= 0.6 is 23.2 Å². The maximum Gasteiger partial charge on any atom is 0.238 e. The first-order chi connectivity index (χ1) is 19.8. The van der Waals surface area contributed by atoms with Gasteiger partial charge >= 0.3 is 0 Å². The number of fused-ring (bicyclic) bond motifs is 3. The molecule has 5 rings (SSSR count). The third kappa shape index (κ3) is 5.43. The molecule has 6 atom stereocenters. The van der Waals surface area contributed by atoms with Gasteiger partial charge in [0, 0.05) is 22.5 Å². The molecular formula is C31H39Cl2FN4O4. The first-order valence-corrected chi connectivity index (χ1v) is 15.3. The van der Waals surface area contributed by atoms with Crippen LogP contribution in [0, 0.1) is 11.3 Å². The quantitative estimate of drug-likeness (QED) is 0.260. The van der Waals surface area contributed by atoms with Crippen molar-refractivity contribution in [1.29, 1.82) is 0 Å². The van der Waals surface area contributed by atoms with Gasteiger partial charge in [0.2, 0.25) is 11.8 Å². The second kappa shape index (κ2) is 11.7. The van der Waals surface area contributed by atoms with Gasteiger partial charge < -0.3 is 20.5 Å². The number of amides is 2. The van der Waals surface area contributed by atoms with Gasteiger partial charge in [-0.05, 0) is 74.6 Å². The van der Waals surface area contributed by atoms with E-state index in [0.29, 0.717) is 42.0 Å². The van der Waals surface area contributed by atoms with E-state index in [0.717, 1.165) is 18.9 Å². The molecule has 3 heterocycles. The lowest BCUT2D eigenvalue weighted by molar-refractivity contribution is -0.127. The van der Waals surface area contributed by atoms with Gasteiger partial charge in [0.15, 0.2) is 0 Å². The number of nitrogens with zero attached hydrogens (tertiary/aromatic N) is 1. The first kappa shape index (κ1) is 31.1. The molecule has 1 aliphatic carbocycles. The number of ether oxygens (including phenoxy) is 1. The maximum atomic E-state index is 16.6. The SMILES string of the molecule is C=C(Cl)N=C/C=C(\F)[C@H]1[C@H](C(=O)N[C@@H]2CC[C@@H](C(C)O)OC2)NC2(CCC(C)(C)CC2)[C@@]12C(=O)Nc1cc(Cl)ccc12. The van der Waals surface area contributed by atoms with Gasteiger partial charge in [-0.2, -0.15) is 0 Å². The largest absolute Gasteiger partial charge is 0.391 e. The van der Waals surface area contributed by atoms with Crippen molar-refractivity contribution in [3.63, 3.8) is 0 Å². The van der Waals surface area contributed by atoms with Gasteiger partial charge in [0.25, 0.3) is 0 Å². The molecular weight excluding hydrogens is 582 g/mol. The molecule has 0 radical (unpaired) electrons. The number of halogens is 3. The van der Waals surface area contributed by atoms with Gasteiger partial charge in [0.05, 0.1) is 36.8 Å². The van der Waals surface area contributed by atoms with E-state index in [1.54, 1.807) is 25.1 Å². The molecule has 2 spiro atoms. The summed E-state index contributed by atoms with van der Waals surface area (Å²) in [5.41, 5.74) is -1.17. The lowest BCUT2D eigenvalue weighted by Gasteiger charge is -2.50. The molecule has 0 aromatic heterocycles. The summed E-state index contributed by atoms with van der Waals surface area (Å²) in [6.45, 7) is 9.79. The molecule has 228 valence electrons.